The lowest BCUT2D eigenvalue weighted by Gasteiger charge is -2.12. The standard InChI is InChI=1S/C16H12ClNO3/c1-20-15-6-5-11(8-18)7-13(15)10-21-16-12(9-19)3-2-4-14(16)17/h2-7,9H,10H2,1H3. The second-order valence-electron chi connectivity index (χ2n) is 4.20. The number of carbonyl (C=O) groups is 1. The van der Waals surface area contributed by atoms with Gasteiger partial charge >= 0.3 is 0 Å². The third-order valence-corrected chi connectivity index (χ3v) is 3.20. The topological polar surface area (TPSA) is 59.3 Å². The predicted molar refractivity (Wildman–Crippen MR) is 78.9 cm³/mol. The van der Waals surface area contributed by atoms with Crippen molar-refractivity contribution in [1.29, 1.82) is 5.26 Å². The molecule has 0 spiro atoms. The molecule has 0 saturated carbocycles. The number of aldehydes is 1. The molecule has 4 nitrogen and oxygen atoms in total. The van der Waals surface area contributed by atoms with Crippen LogP contribution in [0, 0.1) is 11.3 Å². The van der Waals surface area contributed by atoms with Crippen molar-refractivity contribution in [2.45, 2.75) is 6.61 Å². The molecule has 0 fully saturated rings. The molecule has 0 aliphatic rings. The van der Waals surface area contributed by atoms with E-state index >= 15 is 0 Å². The smallest absolute Gasteiger partial charge is 0.153 e. The van der Waals surface area contributed by atoms with Gasteiger partial charge in [-0.05, 0) is 30.3 Å². The average Bonchev–Trinajstić information content (AvgIpc) is 2.53. The molecule has 2 aromatic carbocycles. The van der Waals surface area contributed by atoms with Crippen LogP contribution in [0.1, 0.15) is 21.5 Å². The Morgan fingerprint density at radius 3 is 2.81 bits per heavy atom. The van der Waals surface area contributed by atoms with E-state index in [0.717, 1.165) is 0 Å². The van der Waals surface area contributed by atoms with Gasteiger partial charge in [0, 0.05) is 5.56 Å². The number of carbonyl (C=O) groups excluding carboxylic acids is 1. The van der Waals surface area contributed by atoms with Crippen molar-refractivity contribution in [2.75, 3.05) is 7.11 Å². The SMILES string of the molecule is COc1ccc(C#N)cc1COc1c(Cl)cccc1C=O. The van der Waals surface area contributed by atoms with Gasteiger partial charge in [0.15, 0.2) is 6.29 Å². The summed E-state index contributed by atoms with van der Waals surface area (Å²) in [7, 11) is 1.54. The van der Waals surface area contributed by atoms with Crippen molar-refractivity contribution >= 4 is 17.9 Å². The van der Waals surface area contributed by atoms with Crippen LogP contribution in [0.25, 0.3) is 0 Å². The summed E-state index contributed by atoms with van der Waals surface area (Å²) < 4.78 is 10.9. The highest BCUT2D eigenvalue weighted by Crippen LogP contribution is 2.29. The van der Waals surface area contributed by atoms with Crippen LogP contribution in [0.15, 0.2) is 36.4 Å². The van der Waals surface area contributed by atoms with Crippen LogP contribution in [0.3, 0.4) is 0 Å². The number of nitriles is 1. The lowest BCUT2D eigenvalue weighted by Crippen LogP contribution is -2.01. The third kappa shape index (κ3) is 3.33. The van der Waals surface area contributed by atoms with E-state index < -0.39 is 0 Å². The van der Waals surface area contributed by atoms with Crippen molar-refractivity contribution in [2.24, 2.45) is 0 Å². The van der Waals surface area contributed by atoms with E-state index in [1.165, 1.54) is 7.11 Å². The Kier molecular flexibility index (Phi) is 4.81. The van der Waals surface area contributed by atoms with Crippen LogP contribution in [0.2, 0.25) is 5.02 Å². The largest absolute Gasteiger partial charge is 0.496 e. The van der Waals surface area contributed by atoms with Crippen molar-refractivity contribution in [3.8, 4) is 17.6 Å². The van der Waals surface area contributed by atoms with E-state index in [1.807, 2.05) is 0 Å². The monoisotopic (exact) mass is 301 g/mol. The molecule has 0 atom stereocenters. The van der Waals surface area contributed by atoms with Gasteiger partial charge in [0.05, 0.1) is 29.3 Å². The maximum absolute atomic E-state index is 11.0. The lowest BCUT2D eigenvalue weighted by atomic mass is 10.1. The molecule has 0 aliphatic carbocycles. The van der Waals surface area contributed by atoms with Gasteiger partial charge < -0.3 is 9.47 Å². The molecule has 0 amide bonds. The molecular formula is C16H12ClNO3. The van der Waals surface area contributed by atoms with Crippen LogP contribution >= 0.6 is 11.6 Å². The van der Waals surface area contributed by atoms with E-state index in [4.69, 9.17) is 26.3 Å². The molecule has 0 aliphatic heterocycles. The summed E-state index contributed by atoms with van der Waals surface area (Å²) in [6, 6.07) is 12.0. The molecule has 0 radical (unpaired) electrons. The summed E-state index contributed by atoms with van der Waals surface area (Å²) in [5.74, 6) is 0.923. The predicted octanol–water partition coefficient (Wildman–Crippen LogP) is 3.61. The molecule has 0 unspecified atom stereocenters. The Hall–Kier alpha value is -2.51. The maximum atomic E-state index is 11.0. The highest BCUT2D eigenvalue weighted by Gasteiger charge is 2.10. The molecule has 106 valence electrons. The summed E-state index contributed by atoms with van der Waals surface area (Å²) in [4.78, 5) is 11.0. The quantitative estimate of drug-likeness (QED) is 0.792. The fourth-order valence-corrected chi connectivity index (χ4v) is 2.12. The van der Waals surface area contributed by atoms with Gasteiger partial charge in [-0.2, -0.15) is 5.26 Å². The molecular weight excluding hydrogens is 290 g/mol. The number of benzene rings is 2. The number of hydrogen-bond donors (Lipinski definition) is 0. The van der Waals surface area contributed by atoms with E-state index in [0.29, 0.717) is 39.5 Å². The Labute approximate surface area is 127 Å². The summed E-state index contributed by atoms with van der Waals surface area (Å²) >= 11 is 6.04. The van der Waals surface area contributed by atoms with Gasteiger partial charge in [-0.15, -0.1) is 0 Å². The lowest BCUT2D eigenvalue weighted by molar-refractivity contribution is 0.111. The highest BCUT2D eigenvalue weighted by atomic mass is 35.5. The van der Waals surface area contributed by atoms with E-state index in [-0.39, 0.29) is 6.61 Å². The minimum Gasteiger partial charge on any atom is -0.496 e. The number of para-hydroxylation sites is 1. The summed E-state index contributed by atoms with van der Waals surface area (Å²) in [6.07, 6.45) is 0.685. The molecule has 0 aromatic heterocycles. The average molecular weight is 302 g/mol. The van der Waals surface area contributed by atoms with Crippen LogP contribution < -0.4 is 9.47 Å². The minimum absolute atomic E-state index is 0.142. The molecule has 0 N–H and O–H groups in total. The van der Waals surface area contributed by atoms with Gasteiger partial charge in [-0.25, -0.2) is 0 Å². The summed E-state index contributed by atoms with van der Waals surface area (Å²) in [5.41, 5.74) is 1.58. The molecule has 21 heavy (non-hydrogen) atoms. The Morgan fingerprint density at radius 1 is 1.33 bits per heavy atom. The van der Waals surface area contributed by atoms with Crippen LogP contribution in [0.4, 0.5) is 0 Å². The van der Waals surface area contributed by atoms with Crippen LogP contribution in [0.5, 0.6) is 11.5 Å². The van der Waals surface area contributed by atoms with Crippen LogP contribution in [-0.4, -0.2) is 13.4 Å². The van der Waals surface area contributed by atoms with Crippen molar-refractivity contribution in [3.63, 3.8) is 0 Å². The molecule has 0 bridgehead atoms. The number of rotatable bonds is 5. The zero-order chi connectivity index (χ0) is 15.2. The number of nitrogens with zero attached hydrogens (tertiary/aromatic N) is 1. The normalized spacial score (nSPS) is 9.76. The first kappa shape index (κ1) is 14.9. The molecule has 0 saturated heterocycles. The van der Waals surface area contributed by atoms with Crippen molar-refractivity contribution < 1.29 is 14.3 Å². The number of ether oxygens (including phenoxy) is 2. The van der Waals surface area contributed by atoms with E-state index in [2.05, 4.69) is 6.07 Å². The Balaban J connectivity index is 2.28. The van der Waals surface area contributed by atoms with Crippen molar-refractivity contribution in [1.82, 2.24) is 0 Å². The van der Waals surface area contributed by atoms with Gasteiger partial charge in [-0.1, -0.05) is 17.7 Å². The second kappa shape index (κ2) is 6.78. The fraction of sp³-hybridized carbons (Fsp3) is 0.125. The van der Waals surface area contributed by atoms with Gasteiger partial charge in [0.1, 0.15) is 18.1 Å². The Morgan fingerprint density at radius 2 is 2.14 bits per heavy atom. The zero-order valence-electron chi connectivity index (χ0n) is 11.3. The number of hydrogen-bond acceptors (Lipinski definition) is 4. The molecule has 5 heteroatoms. The first-order valence-corrected chi connectivity index (χ1v) is 6.51. The van der Waals surface area contributed by atoms with Gasteiger partial charge in [-0.3, -0.25) is 4.79 Å². The van der Waals surface area contributed by atoms with Crippen LogP contribution in [-0.2, 0) is 6.61 Å². The van der Waals surface area contributed by atoms with Gasteiger partial charge in [0.2, 0.25) is 0 Å². The first-order chi connectivity index (χ1) is 10.2. The van der Waals surface area contributed by atoms with E-state index in [1.54, 1.807) is 36.4 Å². The highest BCUT2D eigenvalue weighted by molar-refractivity contribution is 6.32. The number of methoxy groups -OCH3 is 1. The molecule has 2 rings (SSSR count). The fourth-order valence-electron chi connectivity index (χ4n) is 1.88. The number of halogens is 1. The van der Waals surface area contributed by atoms with Crippen molar-refractivity contribution in [3.05, 3.63) is 58.1 Å². The molecule has 0 heterocycles. The maximum Gasteiger partial charge on any atom is 0.153 e. The third-order valence-electron chi connectivity index (χ3n) is 2.91. The summed E-state index contributed by atoms with van der Waals surface area (Å²) in [5, 5.41) is 9.29. The summed E-state index contributed by atoms with van der Waals surface area (Å²) in [6.45, 7) is 0.142. The van der Waals surface area contributed by atoms with E-state index in [9.17, 15) is 4.79 Å². The molecule has 2 aromatic rings. The first-order valence-electron chi connectivity index (χ1n) is 6.13. The second-order valence-corrected chi connectivity index (χ2v) is 4.61. The zero-order valence-corrected chi connectivity index (χ0v) is 12.1. The van der Waals surface area contributed by atoms with Gasteiger partial charge in [0.25, 0.3) is 0 Å². The minimum atomic E-state index is 0.142. The Bertz CT molecular complexity index is 707.